The van der Waals surface area contributed by atoms with Crippen LogP contribution in [0, 0.1) is 6.92 Å². The Kier molecular flexibility index (Phi) is 8.56. The molecule has 3 nitrogen and oxygen atoms in total. The molecule has 0 saturated carbocycles. The van der Waals surface area contributed by atoms with Crippen LogP contribution >= 0.6 is 0 Å². The van der Waals surface area contributed by atoms with Crippen LogP contribution in [0.3, 0.4) is 0 Å². The lowest BCUT2D eigenvalue weighted by molar-refractivity contribution is 0.0696. The fraction of sp³-hybridized carbons (Fsp3) is 0.611. The van der Waals surface area contributed by atoms with Crippen molar-refractivity contribution in [1.29, 1.82) is 0 Å². The van der Waals surface area contributed by atoms with Gasteiger partial charge in [0.2, 0.25) is 0 Å². The van der Waals surface area contributed by atoms with E-state index >= 15 is 0 Å². The van der Waals surface area contributed by atoms with Crippen molar-refractivity contribution >= 4 is 5.97 Å². The second-order valence-electron chi connectivity index (χ2n) is 5.61. The van der Waals surface area contributed by atoms with Crippen LogP contribution in [-0.4, -0.2) is 17.7 Å². The highest BCUT2D eigenvalue weighted by atomic mass is 16.5. The van der Waals surface area contributed by atoms with Gasteiger partial charge in [0, 0.05) is 0 Å². The van der Waals surface area contributed by atoms with E-state index in [1.54, 1.807) is 25.1 Å². The third-order valence-electron chi connectivity index (χ3n) is 3.69. The van der Waals surface area contributed by atoms with Gasteiger partial charge in [-0.3, -0.25) is 0 Å². The Morgan fingerprint density at radius 1 is 1.05 bits per heavy atom. The van der Waals surface area contributed by atoms with Gasteiger partial charge in [0.15, 0.2) is 0 Å². The van der Waals surface area contributed by atoms with E-state index in [1.165, 1.54) is 44.9 Å². The van der Waals surface area contributed by atoms with Gasteiger partial charge in [-0.1, -0.05) is 51.9 Å². The first kappa shape index (κ1) is 17.5. The molecule has 0 radical (unpaired) electrons. The number of aryl methyl sites for hydroxylation is 1. The predicted octanol–water partition coefficient (Wildman–Crippen LogP) is 5.21. The minimum atomic E-state index is -0.887. The fourth-order valence-corrected chi connectivity index (χ4v) is 2.39. The average molecular weight is 292 g/mol. The molecule has 0 saturated heterocycles. The molecule has 1 aromatic rings. The van der Waals surface area contributed by atoms with Crippen molar-refractivity contribution in [1.82, 2.24) is 0 Å². The first-order valence-corrected chi connectivity index (χ1v) is 8.12. The van der Waals surface area contributed by atoms with E-state index in [2.05, 4.69) is 6.92 Å². The van der Waals surface area contributed by atoms with Crippen molar-refractivity contribution in [2.75, 3.05) is 6.61 Å². The van der Waals surface area contributed by atoms with E-state index in [4.69, 9.17) is 9.84 Å². The zero-order chi connectivity index (χ0) is 15.5. The first-order valence-electron chi connectivity index (χ1n) is 8.12. The van der Waals surface area contributed by atoms with Gasteiger partial charge in [0.1, 0.15) is 5.75 Å². The number of aromatic carboxylic acids is 1. The molecule has 0 amide bonds. The van der Waals surface area contributed by atoms with E-state index in [1.807, 2.05) is 0 Å². The largest absolute Gasteiger partial charge is 0.494 e. The lowest BCUT2D eigenvalue weighted by Gasteiger charge is -2.08. The minimum Gasteiger partial charge on any atom is -0.494 e. The van der Waals surface area contributed by atoms with Gasteiger partial charge in [-0.2, -0.15) is 0 Å². The van der Waals surface area contributed by atoms with Crippen molar-refractivity contribution in [3.63, 3.8) is 0 Å². The lowest BCUT2D eigenvalue weighted by atomic mass is 10.1. The van der Waals surface area contributed by atoms with Crippen LogP contribution in [0.4, 0.5) is 0 Å². The first-order chi connectivity index (χ1) is 10.1. The highest BCUT2D eigenvalue weighted by Gasteiger charge is 2.07. The van der Waals surface area contributed by atoms with Crippen LogP contribution in [-0.2, 0) is 0 Å². The molecule has 0 bridgehead atoms. The number of benzene rings is 1. The Balaban J connectivity index is 2.13. The molecular formula is C18H28O3. The number of hydrogen-bond donors (Lipinski definition) is 1. The van der Waals surface area contributed by atoms with Crippen molar-refractivity contribution in [2.24, 2.45) is 0 Å². The maximum atomic E-state index is 10.9. The average Bonchev–Trinajstić information content (AvgIpc) is 2.45. The van der Waals surface area contributed by atoms with Gasteiger partial charge in [-0.15, -0.1) is 0 Å². The summed E-state index contributed by atoms with van der Waals surface area (Å²) in [5.74, 6) is -0.123. The van der Waals surface area contributed by atoms with Gasteiger partial charge < -0.3 is 9.84 Å². The normalized spacial score (nSPS) is 10.6. The van der Waals surface area contributed by atoms with Crippen LogP contribution in [0.1, 0.15) is 74.2 Å². The highest BCUT2D eigenvalue weighted by Crippen LogP contribution is 2.18. The molecule has 1 aromatic carbocycles. The van der Waals surface area contributed by atoms with E-state index in [-0.39, 0.29) is 0 Å². The second kappa shape index (κ2) is 10.3. The van der Waals surface area contributed by atoms with Crippen LogP contribution in [0.5, 0.6) is 5.75 Å². The number of hydrogen-bond acceptors (Lipinski definition) is 2. The Bertz CT molecular complexity index is 426. The summed E-state index contributed by atoms with van der Waals surface area (Å²) < 4.78 is 5.67. The number of rotatable bonds is 11. The smallest absolute Gasteiger partial charge is 0.335 e. The Morgan fingerprint density at radius 2 is 1.67 bits per heavy atom. The molecule has 0 spiro atoms. The van der Waals surface area contributed by atoms with Crippen molar-refractivity contribution in [2.45, 2.75) is 65.2 Å². The third kappa shape index (κ3) is 7.16. The Hall–Kier alpha value is -1.51. The minimum absolute atomic E-state index is 0.342. The Morgan fingerprint density at radius 3 is 2.24 bits per heavy atom. The predicted molar refractivity (Wildman–Crippen MR) is 86.2 cm³/mol. The molecule has 0 aromatic heterocycles. The van der Waals surface area contributed by atoms with E-state index < -0.39 is 5.97 Å². The van der Waals surface area contributed by atoms with Crippen LogP contribution < -0.4 is 4.74 Å². The third-order valence-corrected chi connectivity index (χ3v) is 3.69. The molecule has 1 N–H and O–H groups in total. The number of carboxylic acid groups (broad SMARTS) is 1. The quantitative estimate of drug-likeness (QED) is 0.569. The lowest BCUT2D eigenvalue weighted by Crippen LogP contribution is -2.02. The summed E-state index contributed by atoms with van der Waals surface area (Å²) >= 11 is 0. The topological polar surface area (TPSA) is 46.5 Å². The monoisotopic (exact) mass is 292 g/mol. The van der Waals surface area contributed by atoms with E-state index in [9.17, 15) is 4.79 Å². The zero-order valence-corrected chi connectivity index (χ0v) is 13.4. The van der Waals surface area contributed by atoms with Gasteiger partial charge in [-0.05, 0) is 37.1 Å². The fourth-order valence-electron chi connectivity index (χ4n) is 2.39. The molecule has 21 heavy (non-hydrogen) atoms. The number of ether oxygens (including phenoxy) is 1. The summed E-state index contributed by atoms with van der Waals surface area (Å²) in [6.45, 7) is 4.75. The summed E-state index contributed by atoms with van der Waals surface area (Å²) in [4.78, 5) is 10.9. The molecule has 3 heteroatoms. The molecule has 118 valence electrons. The molecule has 0 unspecified atom stereocenters. The van der Waals surface area contributed by atoms with Gasteiger partial charge in [0.25, 0.3) is 0 Å². The summed E-state index contributed by atoms with van der Waals surface area (Å²) in [5, 5.41) is 8.97. The van der Waals surface area contributed by atoms with Crippen LogP contribution in [0.15, 0.2) is 18.2 Å². The molecule has 0 aliphatic carbocycles. The van der Waals surface area contributed by atoms with E-state index in [0.29, 0.717) is 12.2 Å². The number of carboxylic acids is 1. The molecule has 0 fully saturated rings. The number of carbonyl (C=O) groups is 1. The summed E-state index contributed by atoms with van der Waals surface area (Å²) in [7, 11) is 0. The molecular weight excluding hydrogens is 264 g/mol. The van der Waals surface area contributed by atoms with Gasteiger partial charge >= 0.3 is 5.97 Å². The molecule has 0 aliphatic heterocycles. The summed E-state index contributed by atoms with van der Waals surface area (Å²) in [6, 6.07) is 5.15. The SMILES string of the molecule is CCCCCCCCCCOc1ccc(C(=O)O)c(C)c1. The van der Waals surface area contributed by atoms with Crippen molar-refractivity contribution in [3.05, 3.63) is 29.3 Å². The molecule has 1 rings (SSSR count). The maximum Gasteiger partial charge on any atom is 0.335 e. The molecule has 0 heterocycles. The number of unbranched alkanes of at least 4 members (excludes halogenated alkanes) is 7. The highest BCUT2D eigenvalue weighted by molar-refractivity contribution is 5.89. The van der Waals surface area contributed by atoms with Crippen LogP contribution in [0.2, 0.25) is 0 Å². The van der Waals surface area contributed by atoms with Gasteiger partial charge in [-0.25, -0.2) is 4.79 Å². The molecule has 0 atom stereocenters. The van der Waals surface area contributed by atoms with E-state index in [0.717, 1.165) is 17.7 Å². The van der Waals surface area contributed by atoms with Gasteiger partial charge in [0.05, 0.1) is 12.2 Å². The summed E-state index contributed by atoms with van der Waals surface area (Å²) in [6.07, 6.45) is 10.2. The second-order valence-corrected chi connectivity index (χ2v) is 5.61. The molecule has 0 aliphatic rings. The summed E-state index contributed by atoms with van der Waals surface area (Å²) in [5.41, 5.74) is 1.09. The zero-order valence-electron chi connectivity index (χ0n) is 13.4. The Labute approximate surface area is 128 Å². The standard InChI is InChI=1S/C18H28O3/c1-3-4-5-6-7-8-9-10-13-21-16-11-12-17(18(19)20)15(2)14-16/h11-12,14H,3-10,13H2,1-2H3,(H,19,20). The van der Waals surface area contributed by atoms with Crippen molar-refractivity contribution in [3.8, 4) is 5.75 Å². The van der Waals surface area contributed by atoms with Crippen molar-refractivity contribution < 1.29 is 14.6 Å². The maximum absolute atomic E-state index is 10.9. The van der Waals surface area contributed by atoms with Crippen LogP contribution in [0.25, 0.3) is 0 Å².